The first-order chi connectivity index (χ1) is 10.4. The Bertz CT molecular complexity index is 657. The molecule has 1 aliphatic heterocycles. The average molecular weight is 328 g/mol. The summed E-state index contributed by atoms with van der Waals surface area (Å²) in [7, 11) is -3.41. The van der Waals surface area contributed by atoms with E-state index in [-0.39, 0.29) is 12.5 Å². The maximum Gasteiger partial charge on any atom is 0.239 e. The molecule has 0 atom stereocenters. The molecular weight excluding hydrogens is 308 g/mol. The SMILES string of the molecule is CCCCCS(=O)(=O)CC(=O)Nc1cc2c(cc1N)OCO2. The number of carbonyl (C=O) groups is 1. The number of hydrogen-bond donors (Lipinski definition) is 2. The van der Waals surface area contributed by atoms with Gasteiger partial charge < -0.3 is 20.5 Å². The summed E-state index contributed by atoms with van der Waals surface area (Å²) in [5, 5.41) is 2.51. The van der Waals surface area contributed by atoms with Gasteiger partial charge in [-0.1, -0.05) is 19.8 Å². The van der Waals surface area contributed by atoms with Crippen LogP contribution in [0.15, 0.2) is 12.1 Å². The number of unbranched alkanes of at least 4 members (excludes halogenated alkanes) is 2. The maximum absolute atomic E-state index is 11.9. The van der Waals surface area contributed by atoms with Crippen molar-refractivity contribution in [1.82, 2.24) is 0 Å². The van der Waals surface area contributed by atoms with Gasteiger partial charge in [0.1, 0.15) is 5.75 Å². The van der Waals surface area contributed by atoms with E-state index in [1.54, 1.807) is 0 Å². The molecule has 0 aliphatic carbocycles. The van der Waals surface area contributed by atoms with Crippen LogP contribution in [0, 0.1) is 0 Å². The predicted molar refractivity (Wildman–Crippen MR) is 83.8 cm³/mol. The van der Waals surface area contributed by atoms with Crippen molar-refractivity contribution in [1.29, 1.82) is 0 Å². The summed E-state index contributed by atoms with van der Waals surface area (Å²) in [6, 6.07) is 3.06. The summed E-state index contributed by atoms with van der Waals surface area (Å²) in [5.74, 6) is -0.171. The van der Waals surface area contributed by atoms with E-state index in [1.807, 2.05) is 6.92 Å². The van der Waals surface area contributed by atoms with Crippen molar-refractivity contribution in [2.75, 3.05) is 29.3 Å². The van der Waals surface area contributed by atoms with Gasteiger partial charge in [0.15, 0.2) is 21.3 Å². The van der Waals surface area contributed by atoms with Gasteiger partial charge in [0, 0.05) is 12.1 Å². The third-order valence-electron chi connectivity index (χ3n) is 3.23. The van der Waals surface area contributed by atoms with E-state index in [0.29, 0.717) is 29.3 Å². The minimum Gasteiger partial charge on any atom is -0.454 e. The number of benzene rings is 1. The normalized spacial score (nSPS) is 13.1. The Morgan fingerprint density at radius 1 is 1.27 bits per heavy atom. The van der Waals surface area contributed by atoms with Crippen molar-refractivity contribution in [3.8, 4) is 11.5 Å². The third-order valence-corrected chi connectivity index (χ3v) is 4.84. The minimum absolute atomic E-state index is 0.0187. The molecule has 1 aliphatic rings. The molecule has 1 aromatic rings. The number of carbonyl (C=O) groups excluding carboxylic acids is 1. The zero-order valence-electron chi connectivity index (χ0n) is 12.4. The Morgan fingerprint density at radius 2 is 1.95 bits per heavy atom. The molecule has 0 unspecified atom stereocenters. The van der Waals surface area contributed by atoms with Gasteiger partial charge in [-0.05, 0) is 6.42 Å². The van der Waals surface area contributed by atoms with Gasteiger partial charge in [0.05, 0.1) is 17.1 Å². The van der Waals surface area contributed by atoms with Gasteiger partial charge in [-0.3, -0.25) is 4.79 Å². The quantitative estimate of drug-likeness (QED) is 0.580. The zero-order valence-corrected chi connectivity index (χ0v) is 13.2. The standard InChI is InChI=1S/C14H20N2O5S/c1-2-3-4-5-22(18,19)8-14(17)16-11-7-13-12(6-10(11)15)20-9-21-13/h6-7H,2-5,8-9,15H2,1H3,(H,16,17). The summed E-state index contributed by atoms with van der Waals surface area (Å²) in [5.41, 5.74) is 6.41. The molecule has 0 aromatic heterocycles. The van der Waals surface area contributed by atoms with Crippen LogP contribution in [0.2, 0.25) is 0 Å². The molecule has 1 amide bonds. The minimum atomic E-state index is -3.41. The summed E-state index contributed by atoms with van der Waals surface area (Å²) >= 11 is 0. The number of hydrogen-bond acceptors (Lipinski definition) is 6. The topological polar surface area (TPSA) is 108 Å². The highest BCUT2D eigenvalue weighted by Gasteiger charge is 2.20. The fourth-order valence-corrected chi connectivity index (χ4v) is 3.36. The number of nitrogens with one attached hydrogen (secondary N) is 1. The van der Waals surface area contributed by atoms with Crippen molar-refractivity contribution in [2.45, 2.75) is 26.2 Å². The molecule has 3 N–H and O–H groups in total. The molecule has 1 aromatic carbocycles. The van der Waals surface area contributed by atoms with Gasteiger partial charge in [-0.25, -0.2) is 8.42 Å². The van der Waals surface area contributed by atoms with E-state index >= 15 is 0 Å². The van der Waals surface area contributed by atoms with E-state index in [9.17, 15) is 13.2 Å². The number of amides is 1. The summed E-state index contributed by atoms with van der Waals surface area (Å²) in [4.78, 5) is 11.9. The lowest BCUT2D eigenvalue weighted by Gasteiger charge is -2.09. The van der Waals surface area contributed by atoms with E-state index in [2.05, 4.69) is 5.32 Å². The number of ether oxygens (including phenoxy) is 2. The van der Waals surface area contributed by atoms with Gasteiger partial charge in [-0.15, -0.1) is 0 Å². The van der Waals surface area contributed by atoms with Crippen LogP contribution < -0.4 is 20.5 Å². The lowest BCUT2D eigenvalue weighted by Crippen LogP contribution is -2.25. The number of anilines is 2. The number of nitrogen functional groups attached to an aromatic ring is 1. The second kappa shape index (κ2) is 6.87. The van der Waals surface area contributed by atoms with Crippen molar-refractivity contribution in [3.63, 3.8) is 0 Å². The van der Waals surface area contributed by atoms with E-state index in [0.717, 1.165) is 12.8 Å². The van der Waals surface area contributed by atoms with Crippen LogP contribution in [0.5, 0.6) is 11.5 Å². The van der Waals surface area contributed by atoms with Gasteiger partial charge in [0.25, 0.3) is 0 Å². The highest BCUT2D eigenvalue weighted by Crippen LogP contribution is 2.38. The van der Waals surface area contributed by atoms with Gasteiger partial charge in [-0.2, -0.15) is 0 Å². The van der Waals surface area contributed by atoms with Crippen LogP contribution in [-0.2, 0) is 14.6 Å². The highest BCUT2D eigenvalue weighted by molar-refractivity contribution is 7.92. The van der Waals surface area contributed by atoms with E-state index < -0.39 is 21.5 Å². The van der Waals surface area contributed by atoms with Gasteiger partial charge >= 0.3 is 0 Å². The van der Waals surface area contributed by atoms with Crippen molar-refractivity contribution >= 4 is 27.1 Å². The van der Waals surface area contributed by atoms with Crippen LogP contribution in [0.1, 0.15) is 26.2 Å². The summed E-state index contributed by atoms with van der Waals surface area (Å²) in [6.07, 6.45) is 2.32. The molecule has 22 heavy (non-hydrogen) atoms. The fourth-order valence-electron chi connectivity index (χ4n) is 2.10. The number of nitrogens with two attached hydrogens (primary N) is 1. The van der Waals surface area contributed by atoms with Crippen LogP contribution >= 0.6 is 0 Å². The van der Waals surface area contributed by atoms with Crippen molar-refractivity contribution < 1.29 is 22.7 Å². The largest absolute Gasteiger partial charge is 0.454 e. The molecule has 0 bridgehead atoms. The first-order valence-electron chi connectivity index (χ1n) is 7.10. The lowest BCUT2D eigenvalue weighted by molar-refractivity contribution is -0.113. The smallest absolute Gasteiger partial charge is 0.239 e. The van der Waals surface area contributed by atoms with Crippen LogP contribution in [0.4, 0.5) is 11.4 Å². The Balaban J connectivity index is 1.97. The molecule has 8 heteroatoms. The lowest BCUT2D eigenvalue weighted by atomic mass is 10.2. The Kier molecular flexibility index (Phi) is 5.12. The molecule has 0 saturated heterocycles. The fraction of sp³-hybridized carbons (Fsp3) is 0.500. The van der Waals surface area contributed by atoms with Crippen molar-refractivity contribution in [2.24, 2.45) is 0 Å². The Hall–Kier alpha value is -1.96. The molecule has 1 heterocycles. The molecular formula is C14H20N2O5S. The van der Waals surface area contributed by atoms with E-state index in [4.69, 9.17) is 15.2 Å². The highest BCUT2D eigenvalue weighted by atomic mass is 32.2. The molecule has 7 nitrogen and oxygen atoms in total. The maximum atomic E-state index is 11.9. The molecule has 0 radical (unpaired) electrons. The molecule has 0 fully saturated rings. The summed E-state index contributed by atoms with van der Waals surface area (Å²) in [6.45, 7) is 2.08. The molecule has 0 saturated carbocycles. The van der Waals surface area contributed by atoms with Crippen LogP contribution in [-0.4, -0.2) is 32.6 Å². The number of rotatable bonds is 7. The van der Waals surface area contributed by atoms with Crippen LogP contribution in [0.3, 0.4) is 0 Å². The summed E-state index contributed by atoms with van der Waals surface area (Å²) < 4.78 is 34.0. The number of sulfone groups is 1. The first kappa shape index (κ1) is 16.4. The third kappa shape index (κ3) is 4.27. The second-order valence-electron chi connectivity index (χ2n) is 5.14. The second-order valence-corrected chi connectivity index (χ2v) is 7.32. The van der Waals surface area contributed by atoms with Crippen molar-refractivity contribution in [3.05, 3.63) is 12.1 Å². The molecule has 0 spiro atoms. The van der Waals surface area contributed by atoms with Crippen LogP contribution in [0.25, 0.3) is 0 Å². The Morgan fingerprint density at radius 3 is 2.64 bits per heavy atom. The number of fused-ring (bicyclic) bond motifs is 1. The Labute approximate surface area is 129 Å². The average Bonchev–Trinajstić information content (AvgIpc) is 2.85. The predicted octanol–water partition coefficient (Wildman–Crippen LogP) is 1.54. The zero-order chi connectivity index (χ0) is 16.2. The molecule has 122 valence electrons. The molecule has 2 rings (SSSR count). The first-order valence-corrected chi connectivity index (χ1v) is 8.93. The monoisotopic (exact) mass is 328 g/mol. The van der Waals surface area contributed by atoms with Gasteiger partial charge in [0.2, 0.25) is 12.7 Å². The van der Waals surface area contributed by atoms with E-state index in [1.165, 1.54) is 12.1 Å².